The molecule has 0 bridgehead atoms. The number of rotatable bonds is 2. The zero-order valence-electron chi connectivity index (χ0n) is 12.2. The standard InChI is InChI=1S/C19H13N3O/c1-4-12-7-13(5-2)18(14(6-3)8-12)22-19(23)15-9-16(20)11-17(21)10-15/h1-3,7-11H,20-21H2,(H,22,23). The summed E-state index contributed by atoms with van der Waals surface area (Å²) >= 11 is 0. The van der Waals surface area contributed by atoms with E-state index in [1.54, 1.807) is 18.2 Å². The van der Waals surface area contributed by atoms with Gasteiger partial charge in [0, 0.05) is 22.5 Å². The molecule has 0 aromatic heterocycles. The van der Waals surface area contributed by atoms with E-state index in [4.69, 9.17) is 30.7 Å². The van der Waals surface area contributed by atoms with E-state index >= 15 is 0 Å². The Balaban J connectivity index is 2.48. The molecule has 0 heterocycles. The number of hydrogen-bond acceptors (Lipinski definition) is 3. The van der Waals surface area contributed by atoms with E-state index in [1.165, 1.54) is 12.1 Å². The minimum Gasteiger partial charge on any atom is -0.399 e. The number of nitrogens with two attached hydrogens (primary N) is 2. The van der Waals surface area contributed by atoms with Crippen LogP contribution in [0.15, 0.2) is 30.3 Å². The summed E-state index contributed by atoms with van der Waals surface area (Å²) in [6.07, 6.45) is 16.3. The van der Waals surface area contributed by atoms with Crippen LogP contribution in [-0.4, -0.2) is 5.91 Å². The van der Waals surface area contributed by atoms with E-state index in [9.17, 15) is 4.79 Å². The monoisotopic (exact) mass is 299 g/mol. The molecule has 0 radical (unpaired) electrons. The zero-order chi connectivity index (χ0) is 17.0. The summed E-state index contributed by atoms with van der Waals surface area (Å²) in [4.78, 5) is 12.4. The lowest BCUT2D eigenvalue weighted by Crippen LogP contribution is -2.15. The van der Waals surface area contributed by atoms with Crippen molar-refractivity contribution >= 4 is 23.0 Å². The Morgan fingerprint density at radius 1 is 0.870 bits per heavy atom. The molecule has 110 valence electrons. The highest BCUT2D eigenvalue weighted by Gasteiger charge is 2.14. The topological polar surface area (TPSA) is 81.1 Å². The van der Waals surface area contributed by atoms with Gasteiger partial charge in [0.25, 0.3) is 5.91 Å². The van der Waals surface area contributed by atoms with Gasteiger partial charge in [-0.05, 0) is 30.3 Å². The minimum atomic E-state index is -0.426. The summed E-state index contributed by atoms with van der Waals surface area (Å²) in [5.41, 5.74) is 14.1. The van der Waals surface area contributed by atoms with Crippen LogP contribution in [0.2, 0.25) is 0 Å². The molecule has 4 nitrogen and oxygen atoms in total. The van der Waals surface area contributed by atoms with Crippen LogP contribution in [-0.2, 0) is 0 Å². The Morgan fingerprint density at radius 2 is 1.39 bits per heavy atom. The van der Waals surface area contributed by atoms with Crippen LogP contribution in [0.1, 0.15) is 27.0 Å². The molecule has 1 amide bonds. The molecule has 23 heavy (non-hydrogen) atoms. The Labute approximate surface area is 134 Å². The third-order valence-electron chi connectivity index (χ3n) is 3.09. The Morgan fingerprint density at radius 3 is 1.83 bits per heavy atom. The number of benzene rings is 2. The molecule has 0 saturated carbocycles. The van der Waals surface area contributed by atoms with Crippen LogP contribution in [0.4, 0.5) is 17.1 Å². The van der Waals surface area contributed by atoms with Gasteiger partial charge < -0.3 is 16.8 Å². The highest BCUT2D eigenvalue weighted by molar-refractivity contribution is 6.06. The lowest BCUT2D eigenvalue weighted by molar-refractivity contribution is 0.102. The Bertz CT molecular complexity index is 866. The van der Waals surface area contributed by atoms with E-state index < -0.39 is 5.91 Å². The highest BCUT2D eigenvalue weighted by atomic mass is 16.1. The van der Waals surface area contributed by atoms with Gasteiger partial charge >= 0.3 is 0 Å². The maximum atomic E-state index is 12.4. The fourth-order valence-corrected chi connectivity index (χ4v) is 2.08. The first-order valence-electron chi connectivity index (χ1n) is 6.53. The normalized spacial score (nSPS) is 9.26. The second-order valence-corrected chi connectivity index (χ2v) is 4.72. The molecule has 2 rings (SSSR count). The molecular formula is C19H13N3O. The molecule has 0 saturated heterocycles. The summed E-state index contributed by atoms with van der Waals surface area (Å²) in [5.74, 6) is 6.98. The number of carbonyl (C=O) groups excluding carboxylic acids is 1. The molecule has 0 aliphatic rings. The molecule has 0 fully saturated rings. The Kier molecular flexibility index (Phi) is 4.27. The number of terminal acetylenes is 3. The van der Waals surface area contributed by atoms with Gasteiger partial charge in [-0.2, -0.15) is 0 Å². The predicted octanol–water partition coefficient (Wildman–Crippen LogP) is 2.05. The maximum absolute atomic E-state index is 12.4. The summed E-state index contributed by atoms with van der Waals surface area (Å²) in [7, 11) is 0. The third-order valence-corrected chi connectivity index (χ3v) is 3.09. The van der Waals surface area contributed by atoms with E-state index in [2.05, 4.69) is 23.1 Å². The second-order valence-electron chi connectivity index (χ2n) is 4.72. The summed E-state index contributed by atoms with van der Waals surface area (Å²) in [6.45, 7) is 0. The van der Waals surface area contributed by atoms with Crippen LogP contribution >= 0.6 is 0 Å². The molecule has 0 atom stereocenters. The van der Waals surface area contributed by atoms with Crippen LogP contribution in [0.25, 0.3) is 0 Å². The number of nitrogens with one attached hydrogen (secondary N) is 1. The molecule has 0 aliphatic heterocycles. The number of nitrogen functional groups attached to an aromatic ring is 2. The minimum absolute atomic E-state index is 0.300. The molecule has 5 N–H and O–H groups in total. The summed E-state index contributed by atoms with van der Waals surface area (Å²) in [6, 6.07) is 7.77. The van der Waals surface area contributed by atoms with Gasteiger partial charge in [-0.25, -0.2) is 0 Å². The fraction of sp³-hybridized carbons (Fsp3) is 0. The largest absolute Gasteiger partial charge is 0.399 e. The van der Waals surface area contributed by atoms with E-state index in [1.807, 2.05) is 0 Å². The molecule has 2 aromatic carbocycles. The van der Waals surface area contributed by atoms with Crippen molar-refractivity contribution in [1.29, 1.82) is 0 Å². The number of hydrogen-bond donors (Lipinski definition) is 3. The van der Waals surface area contributed by atoms with Gasteiger partial charge in [0.2, 0.25) is 0 Å². The van der Waals surface area contributed by atoms with Crippen molar-refractivity contribution in [3.63, 3.8) is 0 Å². The van der Waals surface area contributed by atoms with Gasteiger partial charge in [0.05, 0.1) is 16.8 Å². The molecule has 4 heteroatoms. The average Bonchev–Trinajstić information content (AvgIpc) is 2.53. The van der Waals surface area contributed by atoms with Crippen molar-refractivity contribution in [3.8, 4) is 37.0 Å². The van der Waals surface area contributed by atoms with Crippen LogP contribution in [0.3, 0.4) is 0 Å². The first-order chi connectivity index (χ1) is 11.0. The zero-order valence-corrected chi connectivity index (χ0v) is 12.2. The van der Waals surface area contributed by atoms with Gasteiger partial charge in [0.15, 0.2) is 0 Å². The van der Waals surface area contributed by atoms with Crippen molar-refractivity contribution in [2.24, 2.45) is 0 Å². The van der Waals surface area contributed by atoms with Crippen LogP contribution in [0.5, 0.6) is 0 Å². The summed E-state index contributed by atoms with van der Waals surface area (Å²) in [5, 5.41) is 2.70. The molecular weight excluding hydrogens is 286 g/mol. The smallest absolute Gasteiger partial charge is 0.255 e. The average molecular weight is 299 g/mol. The highest BCUT2D eigenvalue weighted by Crippen LogP contribution is 2.24. The number of amides is 1. The van der Waals surface area contributed by atoms with Crippen molar-refractivity contribution < 1.29 is 4.79 Å². The van der Waals surface area contributed by atoms with E-state index in [0.29, 0.717) is 39.3 Å². The predicted molar refractivity (Wildman–Crippen MR) is 93.5 cm³/mol. The summed E-state index contributed by atoms with van der Waals surface area (Å²) < 4.78 is 0. The molecule has 0 spiro atoms. The first kappa shape index (κ1) is 15.6. The van der Waals surface area contributed by atoms with Gasteiger partial charge in [-0.1, -0.05) is 17.8 Å². The lowest BCUT2D eigenvalue weighted by atomic mass is 10.0. The quantitative estimate of drug-likeness (QED) is 0.586. The van der Waals surface area contributed by atoms with Crippen LogP contribution in [0, 0.1) is 37.0 Å². The van der Waals surface area contributed by atoms with Gasteiger partial charge in [-0.15, -0.1) is 19.3 Å². The maximum Gasteiger partial charge on any atom is 0.255 e. The second kappa shape index (κ2) is 6.31. The number of carbonyl (C=O) groups is 1. The van der Waals surface area contributed by atoms with Crippen LogP contribution < -0.4 is 16.8 Å². The lowest BCUT2D eigenvalue weighted by Gasteiger charge is -2.12. The van der Waals surface area contributed by atoms with Crippen molar-refractivity contribution in [1.82, 2.24) is 0 Å². The first-order valence-corrected chi connectivity index (χ1v) is 6.53. The van der Waals surface area contributed by atoms with Crippen molar-refractivity contribution in [2.45, 2.75) is 0 Å². The van der Waals surface area contributed by atoms with E-state index in [-0.39, 0.29) is 0 Å². The van der Waals surface area contributed by atoms with Gasteiger partial charge in [0.1, 0.15) is 0 Å². The van der Waals surface area contributed by atoms with Crippen molar-refractivity contribution in [3.05, 3.63) is 52.6 Å². The number of anilines is 3. The van der Waals surface area contributed by atoms with Crippen molar-refractivity contribution in [2.75, 3.05) is 16.8 Å². The Hall–Kier alpha value is -3.81. The SMILES string of the molecule is C#Cc1cc(C#C)c(NC(=O)c2cc(N)cc(N)c2)c(C#C)c1. The molecule has 2 aromatic rings. The fourth-order valence-electron chi connectivity index (χ4n) is 2.08. The molecule has 0 unspecified atom stereocenters. The van der Waals surface area contributed by atoms with E-state index in [0.717, 1.165) is 0 Å². The van der Waals surface area contributed by atoms with Gasteiger partial charge in [-0.3, -0.25) is 4.79 Å². The third kappa shape index (κ3) is 3.27. The molecule has 0 aliphatic carbocycles.